The zero-order valence-corrected chi connectivity index (χ0v) is 9.43. The van der Waals surface area contributed by atoms with Crippen molar-refractivity contribution in [3.05, 3.63) is 0 Å². The van der Waals surface area contributed by atoms with Crippen LogP contribution in [-0.4, -0.2) is 33.8 Å². The molecule has 0 bridgehead atoms. The summed E-state index contributed by atoms with van der Waals surface area (Å²) in [6, 6.07) is 0. The topological polar surface area (TPSA) is 18.5 Å². The molecule has 2 nitrogen and oxygen atoms in total. The van der Waals surface area contributed by atoms with E-state index in [2.05, 4.69) is 12.6 Å². The van der Waals surface area contributed by atoms with Crippen LogP contribution in [0.15, 0.2) is 0 Å². The van der Waals surface area contributed by atoms with E-state index in [0.29, 0.717) is 0 Å². The normalized spacial score (nSPS) is 10.1. The molecule has 66 valence electrons. The van der Waals surface area contributed by atoms with Gasteiger partial charge in [-0.3, -0.25) is 0 Å². The Morgan fingerprint density at radius 1 is 1.18 bits per heavy atom. The Bertz CT molecular complexity index is 76.8. The summed E-state index contributed by atoms with van der Waals surface area (Å²) >= 11 is 2.84. The lowest BCUT2D eigenvalue weighted by molar-refractivity contribution is 0.213. The summed E-state index contributed by atoms with van der Waals surface area (Å²) < 4.78 is 10.9. The molecule has 0 aliphatic carbocycles. The molecule has 0 radical (unpaired) electrons. The van der Waals surface area contributed by atoms with Crippen LogP contribution in [0, 0.1) is 0 Å². The highest BCUT2D eigenvalue weighted by molar-refractivity contribution is 7.80. The van der Waals surface area contributed by atoms with Crippen LogP contribution in [-0.2, 0) is 7.58 Å². The van der Waals surface area contributed by atoms with Crippen LogP contribution >= 0.6 is 12.6 Å². The Morgan fingerprint density at radius 3 is 2.09 bits per heavy atom. The SMILES string of the molecule is CC[O][Al]([CH2]CCS)[O]CC. The van der Waals surface area contributed by atoms with E-state index in [1.165, 1.54) is 0 Å². The first kappa shape index (κ1) is 11.8. The van der Waals surface area contributed by atoms with Crippen molar-refractivity contribution >= 4 is 27.4 Å². The van der Waals surface area contributed by atoms with Crippen LogP contribution in [0.5, 0.6) is 0 Å². The molecular weight excluding hydrogens is 175 g/mol. The summed E-state index contributed by atoms with van der Waals surface area (Å²) in [5.74, 6) is 0.934. The maximum Gasteiger partial charge on any atom is 0.674 e. The number of rotatable bonds is 7. The lowest BCUT2D eigenvalue weighted by atomic mass is 10.6. The summed E-state index contributed by atoms with van der Waals surface area (Å²) in [5.41, 5.74) is 0. The van der Waals surface area contributed by atoms with E-state index >= 15 is 0 Å². The molecule has 0 saturated heterocycles. The predicted octanol–water partition coefficient (Wildman–Crippen LogP) is 1.87. The Labute approximate surface area is 79.7 Å². The summed E-state index contributed by atoms with van der Waals surface area (Å²) in [6.07, 6.45) is 1.11. The lowest BCUT2D eigenvalue weighted by Gasteiger charge is -2.09. The van der Waals surface area contributed by atoms with Gasteiger partial charge in [0.05, 0.1) is 0 Å². The smallest absolute Gasteiger partial charge is 0.479 e. The fourth-order valence-corrected chi connectivity index (χ4v) is 3.08. The van der Waals surface area contributed by atoms with Crippen LogP contribution in [0.25, 0.3) is 0 Å². The molecule has 11 heavy (non-hydrogen) atoms. The number of thiol groups is 1. The zero-order valence-electron chi connectivity index (χ0n) is 7.38. The van der Waals surface area contributed by atoms with Gasteiger partial charge in [0, 0.05) is 13.2 Å². The molecule has 0 amide bonds. The minimum absolute atomic E-state index is 0.781. The first-order valence-electron chi connectivity index (χ1n) is 4.19. The Hall–Kier alpha value is 0.802. The van der Waals surface area contributed by atoms with E-state index in [0.717, 1.165) is 30.7 Å². The van der Waals surface area contributed by atoms with Gasteiger partial charge in [0.1, 0.15) is 0 Å². The van der Waals surface area contributed by atoms with Crippen LogP contribution < -0.4 is 0 Å². The van der Waals surface area contributed by atoms with E-state index in [1.807, 2.05) is 13.8 Å². The van der Waals surface area contributed by atoms with E-state index in [4.69, 9.17) is 7.58 Å². The van der Waals surface area contributed by atoms with Gasteiger partial charge >= 0.3 is 14.8 Å². The van der Waals surface area contributed by atoms with Crippen molar-refractivity contribution in [1.82, 2.24) is 0 Å². The average Bonchev–Trinajstić information content (AvgIpc) is 2.01. The minimum atomic E-state index is -1.30. The van der Waals surface area contributed by atoms with Crippen molar-refractivity contribution in [2.24, 2.45) is 0 Å². The Balaban J connectivity index is 3.34. The first-order chi connectivity index (χ1) is 5.35. The maximum atomic E-state index is 5.47. The van der Waals surface area contributed by atoms with Crippen molar-refractivity contribution in [2.45, 2.75) is 25.6 Å². The first-order valence-corrected chi connectivity index (χ1v) is 6.58. The quantitative estimate of drug-likeness (QED) is 0.490. The molecule has 0 aromatic heterocycles. The summed E-state index contributed by atoms with van der Waals surface area (Å²) in [6.45, 7) is 5.59. The van der Waals surface area contributed by atoms with Gasteiger partial charge in [0.15, 0.2) is 0 Å². The molecule has 0 N–H and O–H groups in total. The van der Waals surface area contributed by atoms with E-state index in [9.17, 15) is 0 Å². The van der Waals surface area contributed by atoms with Gasteiger partial charge < -0.3 is 7.58 Å². The molecule has 0 rings (SSSR count). The highest BCUT2D eigenvalue weighted by Gasteiger charge is 2.22. The third-order valence-electron chi connectivity index (χ3n) is 1.30. The van der Waals surface area contributed by atoms with Crippen LogP contribution in [0.2, 0.25) is 5.28 Å². The van der Waals surface area contributed by atoms with Gasteiger partial charge in [-0.1, -0.05) is 6.42 Å². The molecule has 0 unspecified atom stereocenters. The van der Waals surface area contributed by atoms with Crippen LogP contribution in [0.3, 0.4) is 0 Å². The molecule has 0 atom stereocenters. The van der Waals surface area contributed by atoms with Gasteiger partial charge in [-0.25, -0.2) is 0 Å². The van der Waals surface area contributed by atoms with Gasteiger partial charge in [-0.05, 0) is 24.9 Å². The van der Waals surface area contributed by atoms with Gasteiger partial charge in [0.2, 0.25) is 0 Å². The van der Waals surface area contributed by atoms with Gasteiger partial charge in [-0.15, -0.1) is 0 Å². The van der Waals surface area contributed by atoms with Gasteiger partial charge in [-0.2, -0.15) is 12.6 Å². The Kier molecular flexibility index (Phi) is 9.54. The molecule has 4 heteroatoms. The largest absolute Gasteiger partial charge is 0.674 e. The monoisotopic (exact) mass is 192 g/mol. The second kappa shape index (κ2) is 8.90. The highest BCUT2D eigenvalue weighted by Crippen LogP contribution is 2.02. The van der Waals surface area contributed by atoms with E-state index < -0.39 is 14.8 Å². The molecular formula is C7H17AlO2S. The molecule has 0 fully saturated rings. The van der Waals surface area contributed by atoms with E-state index in [1.54, 1.807) is 0 Å². The van der Waals surface area contributed by atoms with Crippen molar-refractivity contribution < 1.29 is 7.58 Å². The number of hydrogen-bond donors (Lipinski definition) is 1. The average molecular weight is 192 g/mol. The summed E-state index contributed by atoms with van der Waals surface area (Å²) in [7, 11) is 0. The summed E-state index contributed by atoms with van der Waals surface area (Å²) in [5, 5.41) is 1.09. The highest BCUT2D eigenvalue weighted by atomic mass is 32.1. The predicted molar refractivity (Wildman–Crippen MR) is 52.3 cm³/mol. The van der Waals surface area contributed by atoms with Crippen molar-refractivity contribution in [2.75, 3.05) is 19.0 Å². The molecule has 0 aromatic carbocycles. The molecule has 0 heterocycles. The van der Waals surface area contributed by atoms with Gasteiger partial charge in [0.25, 0.3) is 0 Å². The van der Waals surface area contributed by atoms with E-state index in [-0.39, 0.29) is 0 Å². The zero-order chi connectivity index (χ0) is 8.53. The minimum Gasteiger partial charge on any atom is -0.479 e. The molecule has 0 aromatic rings. The number of hydrogen-bond acceptors (Lipinski definition) is 3. The molecule has 0 aliphatic heterocycles. The fourth-order valence-electron chi connectivity index (χ4n) is 0.845. The lowest BCUT2D eigenvalue weighted by Crippen LogP contribution is -2.22. The Morgan fingerprint density at radius 2 is 1.73 bits per heavy atom. The van der Waals surface area contributed by atoms with Crippen LogP contribution in [0.4, 0.5) is 0 Å². The fraction of sp³-hybridized carbons (Fsp3) is 1.00. The third kappa shape index (κ3) is 7.17. The molecule has 0 spiro atoms. The second-order valence-electron chi connectivity index (χ2n) is 2.21. The van der Waals surface area contributed by atoms with Crippen molar-refractivity contribution in [1.29, 1.82) is 0 Å². The molecule has 0 saturated carbocycles. The van der Waals surface area contributed by atoms with Crippen molar-refractivity contribution in [3.8, 4) is 0 Å². The standard InChI is InChI=1S/C3H7S.2C2H5O.Al/c1-2-3-4;2*1-2-3;/h4H,1-3H2;2*2H2,1H3;/q;2*-1;+2. The summed E-state index contributed by atoms with van der Waals surface area (Å²) in [4.78, 5) is 0. The third-order valence-corrected chi connectivity index (χ3v) is 3.91. The van der Waals surface area contributed by atoms with Crippen molar-refractivity contribution in [3.63, 3.8) is 0 Å². The molecule has 0 aliphatic rings. The van der Waals surface area contributed by atoms with Crippen LogP contribution in [0.1, 0.15) is 20.3 Å². The maximum absolute atomic E-state index is 5.47. The second-order valence-corrected chi connectivity index (χ2v) is 4.76.